The SMILES string of the molecule is COc1cc(C)c(-c2ccnc(-c3ccc4ccc5cc(-c6c(C)cc(OC)cc6C)cnc5c4n3)c2)c(C)c1. The fraction of sp³-hybridized carbons (Fsp3) is 0.171. The number of aryl methyl sites for hydroxylation is 4. The number of pyridine rings is 3. The van der Waals surface area contributed by atoms with Gasteiger partial charge in [0.05, 0.1) is 36.6 Å². The minimum Gasteiger partial charge on any atom is -0.497 e. The Morgan fingerprint density at radius 1 is 0.525 bits per heavy atom. The van der Waals surface area contributed by atoms with Crippen molar-refractivity contribution in [3.05, 3.63) is 101 Å². The predicted octanol–water partition coefficient (Wildman–Crippen LogP) is 8.43. The summed E-state index contributed by atoms with van der Waals surface area (Å²) in [6.07, 6.45) is 3.80. The fourth-order valence-corrected chi connectivity index (χ4v) is 5.78. The normalized spacial score (nSPS) is 11.2. The van der Waals surface area contributed by atoms with Crippen molar-refractivity contribution < 1.29 is 9.47 Å². The van der Waals surface area contributed by atoms with Crippen LogP contribution in [0.15, 0.2) is 79.1 Å². The van der Waals surface area contributed by atoms with Crippen LogP contribution in [-0.2, 0) is 0 Å². The summed E-state index contributed by atoms with van der Waals surface area (Å²) in [5, 5.41) is 2.10. The van der Waals surface area contributed by atoms with Gasteiger partial charge in [0.25, 0.3) is 0 Å². The first-order valence-electron chi connectivity index (χ1n) is 13.3. The van der Waals surface area contributed by atoms with E-state index in [4.69, 9.17) is 19.4 Å². The monoisotopic (exact) mass is 525 g/mol. The number of rotatable bonds is 5. The van der Waals surface area contributed by atoms with Crippen LogP contribution in [0.1, 0.15) is 22.3 Å². The zero-order chi connectivity index (χ0) is 28.0. The van der Waals surface area contributed by atoms with E-state index in [0.717, 1.165) is 78.1 Å². The largest absolute Gasteiger partial charge is 0.497 e. The highest BCUT2D eigenvalue weighted by Crippen LogP contribution is 2.35. The molecule has 3 heterocycles. The zero-order valence-electron chi connectivity index (χ0n) is 23.7. The van der Waals surface area contributed by atoms with Crippen molar-refractivity contribution in [3.8, 4) is 45.1 Å². The van der Waals surface area contributed by atoms with Gasteiger partial charge in [-0.05, 0) is 115 Å². The molecule has 40 heavy (non-hydrogen) atoms. The second kappa shape index (κ2) is 10.1. The Hall–Kier alpha value is -4.77. The van der Waals surface area contributed by atoms with Crippen molar-refractivity contribution in [1.82, 2.24) is 15.0 Å². The molecule has 6 aromatic rings. The molecule has 0 radical (unpaired) electrons. The molecule has 0 aliphatic heterocycles. The number of hydrogen-bond acceptors (Lipinski definition) is 5. The van der Waals surface area contributed by atoms with E-state index in [1.54, 1.807) is 14.2 Å². The number of ether oxygens (including phenoxy) is 2. The molecule has 0 saturated heterocycles. The summed E-state index contributed by atoms with van der Waals surface area (Å²) >= 11 is 0. The second-order valence-corrected chi connectivity index (χ2v) is 10.3. The maximum absolute atomic E-state index is 5.46. The lowest BCUT2D eigenvalue weighted by molar-refractivity contribution is 0.414. The van der Waals surface area contributed by atoms with Gasteiger partial charge in [-0.15, -0.1) is 0 Å². The van der Waals surface area contributed by atoms with E-state index >= 15 is 0 Å². The molecule has 0 bridgehead atoms. The summed E-state index contributed by atoms with van der Waals surface area (Å²) in [6, 6.07) is 23.0. The molecule has 5 nitrogen and oxygen atoms in total. The van der Waals surface area contributed by atoms with Crippen LogP contribution < -0.4 is 9.47 Å². The lowest BCUT2D eigenvalue weighted by atomic mass is 9.95. The molecule has 0 spiro atoms. The van der Waals surface area contributed by atoms with Gasteiger partial charge in [-0.2, -0.15) is 0 Å². The van der Waals surface area contributed by atoms with Gasteiger partial charge in [0.15, 0.2) is 0 Å². The molecule has 0 atom stereocenters. The number of methoxy groups -OCH3 is 2. The van der Waals surface area contributed by atoms with Crippen molar-refractivity contribution in [2.45, 2.75) is 27.7 Å². The highest BCUT2D eigenvalue weighted by Gasteiger charge is 2.14. The first-order chi connectivity index (χ1) is 19.4. The minimum atomic E-state index is 0.818. The van der Waals surface area contributed by atoms with E-state index in [-0.39, 0.29) is 0 Å². The molecular formula is C35H31N3O2. The van der Waals surface area contributed by atoms with Gasteiger partial charge in [-0.25, -0.2) is 4.98 Å². The maximum Gasteiger partial charge on any atom is 0.119 e. The van der Waals surface area contributed by atoms with Crippen LogP contribution in [0.3, 0.4) is 0 Å². The zero-order valence-corrected chi connectivity index (χ0v) is 23.7. The second-order valence-electron chi connectivity index (χ2n) is 10.3. The summed E-state index contributed by atoms with van der Waals surface area (Å²) in [5.74, 6) is 1.73. The highest BCUT2D eigenvalue weighted by molar-refractivity contribution is 6.04. The average molecular weight is 526 g/mol. The van der Waals surface area contributed by atoms with E-state index in [1.807, 2.05) is 24.5 Å². The first kappa shape index (κ1) is 25.5. The minimum absolute atomic E-state index is 0.818. The van der Waals surface area contributed by atoms with Gasteiger partial charge in [-0.1, -0.05) is 18.2 Å². The van der Waals surface area contributed by atoms with Gasteiger partial charge in [-0.3, -0.25) is 9.97 Å². The van der Waals surface area contributed by atoms with Crippen molar-refractivity contribution in [3.63, 3.8) is 0 Å². The van der Waals surface area contributed by atoms with Gasteiger partial charge in [0.1, 0.15) is 11.5 Å². The topological polar surface area (TPSA) is 57.1 Å². The molecule has 3 aromatic carbocycles. The molecule has 3 aromatic heterocycles. The number of fused-ring (bicyclic) bond motifs is 3. The van der Waals surface area contributed by atoms with E-state index in [1.165, 1.54) is 11.1 Å². The Morgan fingerprint density at radius 3 is 1.73 bits per heavy atom. The van der Waals surface area contributed by atoms with Gasteiger partial charge in [0.2, 0.25) is 0 Å². The van der Waals surface area contributed by atoms with Crippen molar-refractivity contribution >= 4 is 21.8 Å². The van der Waals surface area contributed by atoms with Crippen molar-refractivity contribution in [2.75, 3.05) is 14.2 Å². The van der Waals surface area contributed by atoms with E-state index < -0.39 is 0 Å². The average Bonchev–Trinajstić information content (AvgIpc) is 2.96. The quantitative estimate of drug-likeness (QED) is 0.211. The summed E-state index contributed by atoms with van der Waals surface area (Å²) < 4.78 is 10.9. The lowest BCUT2D eigenvalue weighted by Crippen LogP contribution is -1.95. The third kappa shape index (κ3) is 4.43. The van der Waals surface area contributed by atoms with Crippen LogP contribution in [-0.4, -0.2) is 29.2 Å². The highest BCUT2D eigenvalue weighted by atomic mass is 16.5. The van der Waals surface area contributed by atoms with Gasteiger partial charge >= 0.3 is 0 Å². The molecule has 0 N–H and O–H groups in total. The number of hydrogen-bond donors (Lipinski definition) is 0. The smallest absolute Gasteiger partial charge is 0.119 e. The molecule has 198 valence electrons. The van der Waals surface area contributed by atoms with Crippen LogP contribution >= 0.6 is 0 Å². The molecular weight excluding hydrogens is 494 g/mol. The standard InChI is InChI=1S/C35H31N3O2/c1-20-13-28(39-5)14-21(2)32(20)25-11-12-36-31(18-25)30-10-9-24-7-8-26-17-27(19-37-34(26)35(24)38-30)33-22(3)15-29(40-6)16-23(33)4/h7-19H,1-6H3. The van der Waals surface area contributed by atoms with Crippen LogP contribution in [0, 0.1) is 27.7 Å². The van der Waals surface area contributed by atoms with Crippen molar-refractivity contribution in [1.29, 1.82) is 0 Å². The Kier molecular flexibility index (Phi) is 6.43. The van der Waals surface area contributed by atoms with Crippen LogP contribution in [0.5, 0.6) is 11.5 Å². The Bertz CT molecular complexity index is 1880. The maximum atomic E-state index is 5.46. The molecule has 0 aliphatic rings. The summed E-state index contributed by atoms with van der Waals surface area (Å²) in [6.45, 7) is 8.44. The molecule has 0 unspecified atom stereocenters. The number of aromatic nitrogens is 3. The number of benzene rings is 3. The van der Waals surface area contributed by atoms with Crippen LogP contribution in [0.2, 0.25) is 0 Å². The molecule has 5 heteroatoms. The molecule has 0 aliphatic carbocycles. The van der Waals surface area contributed by atoms with E-state index in [0.29, 0.717) is 0 Å². The molecule has 6 rings (SSSR count). The Morgan fingerprint density at radius 2 is 1.10 bits per heavy atom. The van der Waals surface area contributed by atoms with Crippen LogP contribution in [0.4, 0.5) is 0 Å². The predicted molar refractivity (Wildman–Crippen MR) is 163 cm³/mol. The summed E-state index contributed by atoms with van der Waals surface area (Å²) in [5.41, 5.74) is 12.6. The first-order valence-corrected chi connectivity index (χ1v) is 13.3. The number of nitrogens with zero attached hydrogens (tertiary/aromatic N) is 3. The van der Waals surface area contributed by atoms with E-state index in [9.17, 15) is 0 Å². The molecule has 0 saturated carbocycles. The fourth-order valence-electron chi connectivity index (χ4n) is 5.78. The third-order valence-electron chi connectivity index (χ3n) is 7.59. The van der Waals surface area contributed by atoms with Crippen LogP contribution in [0.25, 0.3) is 55.4 Å². The van der Waals surface area contributed by atoms with E-state index in [2.05, 4.69) is 87.3 Å². The molecule has 0 amide bonds. The Balaban J connectivity index is 1.44. The third-order valence-corrected chi connectivity index (χ3v) is 7.59. The summed E-state index contributed by atoms with van der Waals surface area (Å²) in [4.78, 5) is 14.7. The van der Waals surface area contributed by atoms with Crippen molar-refractivity contribution in [2.24, 2.45) is 0 Å². The Labute approximate surface area is 234 Å². The lowest BCUT2D eigenvalue weighted by Gasteiger charge is -2.14. The molecule has 0 fully saturated rings. The summed E-state index contributed by atoms with van der Waals surface area (Å²) in [7, 11) is 3.40. The van der Waals surface area contributed by atoms with Gasteiger partial charge in [0, 0.05) is 28.7 Å². The van der Waals surface area contributed by atoms with Gasteiger partial charge < -0.3 is 9.47 Å².